The number of hydrogen-bond donors (Lipinski definition) is 0. The molecule has 1 fully saturated rings. The van der Waals surface area contributed by atoms with Crippen LogP contribution in [0.25, 0.3) is 6.08 Å². The molecule has 1 aliphatic rings. The highest BCUT2D eigenvalue weighted by atomic mass is 16.5. The average Bonchev–Trinajstić information content (AvgIpc) is 2.71. The summed E-state index contributed by atoms with van der Waals surface area (Å²) in [7, 11) is 5.67. The minimum Gasteiger partial charge on any atom is -0.497 e. The lowest BCUT2D eigenvalue weighted by Crippen LogP contribution is -2.24. The van der Waals surface area contributed by atoms with Gasteiger partial charge in [-0.25, -0.2) is 0 Å². The largest absolute Gasteiger partial charge is 0.497 e. The van der Waals surface area contributed by atoms with Crippen LogP contribution < -0.4 is 4.74 Å². The molecule has 2 rings (SSSR count). The molecule has 0 aromatic heterocycles. The zero-order chi connectivity index (χ0) is 13.8. The van der Waals surface area contributed by atoms with Gasteiger partial charge < -0.3 is 9.64 Å². The molecule has 102 valence electrons. The lowest BCUT2D eigenvalue weighted by Gasteiger charge is -2.13. The Kier molecular flexibility index (Phi) is 4.38. The van der Waals surface area contributed by atoms with Crippen LogP contribution in [-0.4, -0.2) is 38.4 Å². The van der Waals surface area contributed by atoms with E-state index in [9.17, 15) is 4.79 Å². The van der Waals surface area contributed by atoms with Gasteiger partial charge in [-0.05, 0) is 56.3 Å². The number of benzene rings is 1. The van der Waals surface area contributed by atoms with Crippen LogP contribution in [-0.2, 0) is 4.79 Å². The Bertz CT molecular complexity index is 491. The molecule has 1 aliphatic carbocycles. The number of rotatable bonds is 4. The molecule has 0 amide bonds. The van der Waals surface area contributed by atoms with Crippen molar-refractivity contribution < 1.29 is 9.53 Å². The predicted molar refractivity (Wildman–Crippen MR) is 77.3 cm³/mol. The summed E-state index contributed by atoms with van der Waals surface area (Å²) in [5.74, 6) is 1.29. The van der Waals surface area contributed by atoms with Crippen molar-refractivity contribution in [2.75, 3.05) is 27.7 Å². The SMILES string of the molecule is COc1cccc(/C=C2/CCC(CN(C)C)C2=O)c1. The molecule has 1 saturated carbocycles. The number of allylic oxidation sites excluding steroid dienone is 1. The van der Waals surface area contributed by atoms with Crippen LogP contribution in [0.2, 0.25) is 0 Å². The second-order valence-electron chi connectivity index (χ2n) is 5.31. The quantitative estimate of drug-likeness (QED) is 0.778. The molecule has 0 saturated heterocycles. The summed E-state index contributed by atoms with van der Waals surface area (Å²) in [6.07, 6.45) is 3.85. The normalized spacial score (nSPS) is 21.4. The third-order valence-corrected chi connectivity index (χ3v) is 3.47. The highest BCUT2D eigenvalue weighted by Gasteiger charge is 2.29. The lowest BCUT2D eigenvalue weighted by molar-refractivity contribution is -0.118. The Morgan fingerprint density at radius 2 is 2.21 bits per heavy atom. The molecule has 1 atom stereocenters. The van der Waals surface area contributed by atoms with Crippen LogP contribution in [0.5, 0.6) is 5.75 Å². The number of ketones is 1. The highest BCUT2D eigenvalue weighted by molar-refractivity contribution is 6.03. The van der Waals surface area contributed by atoms with E-state index in [2.05, 4.69) is 4.90 Å². The first kappa shape index (κ1) is 13.8. The van der Waals surface area contributed by atoms with Crippen molar-refractivity contribution in [2.45, 2.75) is 12.8 Å². The van der Waals surface area contributed by atoms with Crippen LogP contribution in [0, 0.1) is 5.92 Å². The van der Waals surface area contributed by atoms with E-state index >= 15 is 0 Å². The van der Waals surface area contributed by atoms with E-state index in [4.69, 9.17) is 4.74 Å². The first-order valence-electron chi connectivity index (χ1n) is 6.63. The second-order valence-corrected chi connectivity index (χ2v) is 5.31. The Morgan fingerprint density at radius 3 is 2.89 bits per heavy atom. The average molecular weight is 259 g/mol. The first-order chi connectivity index (χ1) is 9.10. The summed E-state index contributed by atoms with van der Waals surface area (Å²) in [5.41, 5.74) is 1.98. The smallest absolute Gasteiger partial charge is 0.163 e. The van der Waals surface area contributed by atoms with Gasteiger partial charge in [0.25, 0.3) is 0 Å². The molecular formula is C16H21NO2. The summed E-state index contributed by atoms with van der Waals surface area (Å²) >= 11 is 0. The highest BCUT2D eigenvalue weighted by Crippen LogP contribution is 2.29. The Morgan fingerprint density at radius 1 is 1.42 bits per heavy atom. The number of carbonyl (C=O) groups excluding carboxylic acids is 1. The minimum atomic E-state index is 0.159. The van der Waals surface area contributed by atoms with Gasteiger partial charge in [-0.1, -0.05) is 12.1 Å². The molecule has 19 heavy (non-hydrogen) atoms. The molecule has 3 heteroatoms. The third kappa shape index (κ3) is 3.44. The van der Waals surface area contributed by atoms with Crippen LogP contribution in [0.4, 0.5) is 0 Å². The van der Waals surface area contributed by atoms with Crippen LogP contribution in [0.1, 0.15) is 18.4 Å². The maximum atomic E-state index is 12.3. The summed E-state index contributed by atoms with van der Waals surface area (Å²) in [6.45, 7) is 0.842. The summed E-state index contributed by atoms with van der Waals surface area (Å²) < 4.78 is 5.20. The fourth-order valence-corrected chi connectivity index (χ4v) is 2.54. The van der Waals surface area contributed by atoms with Gasteiger partial charge >= 0.3 is 0 Å². The summed E-state index contributed by atoms with van der Waals surface area (Å²) in [4.78, 5) is 14.4. The Balaban J connectivity index is 2.14. The predicted octanol–water partition coefficient (Wildman–Crippen LogP) is 2.62. The zero-order valence-corrected chi connectivity index (χ0v) is 11.8. The molecule has 0 heterocycles. The number of carbonyl (C=O) groups is 1. The van der Waals surface area contributed by atoms with Crippen molar-refractivity contribution >= 4 is 11.9 Å². The van der Waals surface area contributed by atoms with Crippen LogP contribution >= 0.6 is 0 Å². The molecular weight excluding hydrogens is 238 g/mol. The van der Waals surface area contributed by atoms with E-state index in [0.717, 1.165) is 36.3 Å². The maximum absolute atomic E-state index is 12.3. The van der Waals surface area contributed by atoms with E-state index in [1.165, 1.54) is 0 Å². The Hall–Kier alpha value is -1.61. The van der Waals surface area contributed by atoms with Gasteiger partial charge in [0, 0.05) is 12.5 Å². The molecule has 1 aromatic rings. The summed E-state index contributed by atoms with van der Waals surface area (Å²) in [6, 6.07) is 7.82. The molecule has 1 unspecified atom stereocenters. The van der Waals surface area contributed by atoms with Crippen molar-refractivity contribution in [3.63, 3.8) is 0 Å². The standard InChI is InChI=1S/C16H21NO2/c1-17(2)11-14-8-7-13(16(14)18)9-12-5-4-6-15(10-12)19-3/h4-6,9-10,14H,7-8,11H2,1-3H3/b13-9-. The van der Waals surface area contributed by atoms with Crippen molar-refractivity contribution in [1.82, 2.24) is 4.90 Å². The van der Waals surface area contributed by atoms with Gasteiger partial charge in [0.2, 0.25) is 0 Å². The number of nitrogens with zero attached hydrogens (tertiary/aromatic N) is 1. The fourth-order valence-electron chi connectivity index (χ4n) is 2.54. The molecule has 0 bridgehead atoms. The first-order valence-corrected chi connectivity index (χ1v) is 6.63. The zero-order valence-electron chi connectivity index (χ0n) is 11.8. The summed E-state index contributed by atoms with van der Waals surface area (Å²) in [5, 5.41) is 0. The maximum Gasteiger partial charge on any atom is 0.163 e. The molecule has 0 aliphatic heterocycles. The monoisotopic (exact) mass is 259 g/mol. The van der Waals surface area contributed by atoms with Gasteiger partial charge in [0.1, 0.15) is 5.75 Å². The van der Waals surface area contributed by atoms with Gasteiger partial charge in [0.15, 0.2) is 5.78 Å². The number of methoxy groups -OCH3 is 1. The van der Waals surface area contributed by atoms with E-state index in [0.29, 0.717) is 5.78 Å². The number of hydrogen-bond acceptors (Lipinski definition) is 3. The second kappa shape index (κ2) is 6.02. The van der Waals surface area contributed by atoms with E-state index in [1.807, 2.05) is 44.4 Å². The number of Topliss-reactive ketones (excluding diaryl/α,β-unsaturated/α-hetero) is 1. The molecule has 0 N–H and O–H groups in total. The van der Waals surface area contributed by atoms with E-state index in [-0.39, 0.29) is 5.92 Å². The minimum absolute atomic E-state index is 0.159. The van der Waals surface area contributed by atoms with Crippen molar-refractivity contribution in [2.24, 2.45) is 5.92 Å². The van der Waals surface area contributed by atoms with Crippen LogP contribution in [0.15, 0.2) is 29.8 Å². The van der Waals surface area contributed by atoms with Crippen molar-refractivity contribution in [3.8, 4) is 5.75 Å². The van der Waals surface area contributed by atoms with Gasteiger partial charge in [-0.15, -0.1) is 0 Å². The van der Waals surface area contributed by atoms with Gasteiger partial charge in [-0.2, -0.15) is 0 Å². The van der Waals surface area contributed by atoms with Crippen molar-refractivity contribution in [1.29, 1.82) is 0 Å². The van der Waals surface area contributed by atoms with Crippen LogP contribution in [0.3, 0.4) is 0 Å². The Labute approximate surface area is 114 Å². The van der Waals surface area contributed by atoms with E-state index in [1.54, 1.807) is 7.11 Å². The van der Waals surface area contributed by atoms with Gasteiger partial charge in [0.05, 0.1) is 7.11 Å². The topological polar surface area (TPSA) is 29.5 Å². The van der Waals surface area contributed by atoms with E-state index < -0.39 is 0 Å². The lowest BCUT2D eigenvalue weighted by atomic mass is 10.0. The fraction of sp³-hybridized carbons (Fsp3) is 0.438. The molecule has 0 radical (unpaired) electrons. The van der Waals surface area contributed by atoms with Crippen molar-refractivity contribution in [3.05, 3.63) is 35.4 Å². The third-order valence-electron chi connectivity index (χ3n) is 3.47. The van der Waals surface area contributed by atoms with Gasteiger partial charge in [-0.3, -0.25) is 4.79 Å². The molecule has 1 aromatic carbocycles. The molecule has 0 spiro atoms. The number of ether oxygens (including phenoxy) is 1. The molecule has 3 nitrogen and oxygen atoms in total.